The fraction of sp³-hybridized carbons (Fsp3) is 0.929. The normalized spacial score (nSPS) is 26.4. The minimum absolute atomic E-state index is 0.150. The second-order valence-electron chi connectivity index (χ2n) is 6.63. The number of amides is 1. The Labute approximate surface area is 106 Å². The van der Waals surface area contributed by atoms with E-state index in [1.54, 1.807) is 0 Å². The van der Waals surface area contributed by atoms with Crippen molar-refractivity contribution in [1.29, 1.82) is 0 Å². The van der Waals surface area contributed by atoms with Crippen molar-refractivity contribution in [1.82, 2.24) is 4.90 Å². The van der Waals surface area contributed by atoms with E-state index in [4.69, 9.17) is 5.73 Å². The zero-order valence-electron chi connectivity index (χ0n) is 12.0. The van der Waals surface area contributed by atoms with Gasteiger partial charge in [0.05, 0.1) is 6.04 Å². The maximum Gasteiger partial charge on any atom is 0.239 e. The molecule has 2 N–H and O–H groups in total. The molecule has 3 heteroatoms. The van der Waals surface area contributed by atoms with E-state index in [1.807, 2.05) is 4.90 Å². The fourth-order valence-corrected chi connectivity index (χ4v) is 2.87. The summed E-state index contributed by atoms with van der Waals surface area (Å²) in [6.45, 7) is 11.8. The molecule has 0 radical (unpaired) electrons. The number of likely N-dealkylation sites (tertiary alicyclic amines) is 1. The van der Waals surface area contributed by atoms with Crippen LogP contribution in [0.5, 0.6) is 0 Å². The van der Waals surface area contributed by atoms with E-state index in [0.29, 0.717) is 12.0 Å². The van der Waals surface area contributed by atoms with E-state index in [9.17, 15) is 4.79 Å². The lowest BCUT2D eigenvalue weighted by atomic mass is 9.80. The van der Waals surface area contributed by atoms with Crippen LogP contribution in [-0.2, 0) is 4.79 Å². The van der Waals surface area contributed by atoms with Gasteiger partial charge < -0.3 is 10.6 Å². The second kappa shape index (κ2) is 5.38. The Kier molecular flexibility index (Phi) is 4.59. The molecule has 0 aromatic rings. The number of nitrogens with zero attached hydrogens (tertiary/aromatic N) is 1. The van der Waals surface area contributed by atoms with Gasteiger partial charge in [-0.15, -0.1) is 0 Å². The fourth-order valence-electron chi connectivity index (χ4n) is 2.87. The van der Waals surface area contributed by atoms with Crippen LogP contribution < -0.4 is 5.73 Å². The van der Waals surface area contributed by atoms with Crippen LogP contribution in [0.3, 0.4) is 0 Å². The number of piperidine rings is 1. The summed E-state index contributed by atoms with van der Waals surface area (Å²) in [5, 5.41) is 0. The first kappa shape index (κ1) is 14.5. The van der Waals surface area contributed by atoms with Crippen molar-refractivity contribution >= 4 is 5.91 Å². The number of hydrogen-bond donors (Lipinski definition) is 1. The van der Waals surface area contributed by atoms with Crippen LogP contribution in [0, 0.1) is 11.3 Å². The highest BCUT2D eigenvalue weighted by Crippen LogP contribution is 2.31. The maximum atomic E-state index is 12.2. The summed E-state index contributed by atoms with van der Waals surface area (Å²) in [6, 6.07) is 0.0492. The van der Waals surface area contributed by atoms with Crippen molar-refractivity contribution in [3.8, 4) is 0 Å². The summed E-state index contributed by atoms with van der Waals surface area (Å²) in [4.78, 5) is 14.2. The van der Waals surface area contributed by atoms with Crippen LogP contribution in [0.15, 0.2) is 0 Å². The summed E-state index contributed by atoms with van der Waals surface area (Å²) < 4.78 is 0. The summed E-state index contributed by atoms with van der Waals surface area (Å²) in [6.07, 6.45) is 2.90. The first-order valence-corrected chi connectivity index (χ1v) is 6.83. The van der Waals surface area contributed by atoms with Crippen LogP contribution in [0.25, 0.3) is 0 Å². The molecule has 1 amide bonds. The molecule has 1 rings (SSSR count). The summed E-state index contributed by atoms with van der Waals surface area (Å²) in [5.41, 5.74) is 6.13. The Morgan fingerprint density at radius 2 is 2.06 bits per heavy atom. The maximum absolute atomic E-state index is 12.2. The molecular weight excluding hydrogens is 212 g/mol. The third-order valence-electron chi connectivity index (χ3n) is 3.63. The Morgan fingerprint density at radius 3 is 2.53 bits per heavy atom. The summed E-state index contributed by atoms with van der Waals surface area (Å²) >= 11 is 0. The molecule has 17 heavy (non-hydrogen) atoms. The van der Waals surface area contributed by atoms with E-state index >= 15 is 0 Å². The van der Waals surface area contributed by atoms with Crippen molar-refractivity contribution in [3.63, 3.8) is 0 Å². The quantitative estimate of drug-likeness (QED) is 0.820. The van der Waals surface area contributed by atoms with Gasteiger partial charge in [-0.05, 0) is 30.6 Å². The molecule has 0 saturated carbocycles. The molecule has 1 heterocycles. The standard InChI is InChI=1S/C14H28N2O/c1-6-11(7-10(2)3)16-9-14(4,5)8-12(15)13(16)17/h10-12H,6-9,15H2,1-5H3. The summed E-state index contributed by atoms with van der Waals surface area (Å²) in [7, 11) is 0. The van der Waals surface area contributed by atoms with E-state index in [-0.39, 0.29) is 17.4 Å². The number of rotatable bonds is 4. The largest absolute Gasteiger partial charge is 0.338 e. The van der Waals surface area contributed by atoms with Gasteiger partial charge >= 0.3 is 0 Å². The topological polar surface area (TPSA) is 46.3 Å². The highest BCUT2D eigenvalue weighted by atomic mass is 16.2. The third kappa shape index (κ3) is 3.70. The molecule has 100 valence electrons. The van der Waals surface area contributed by atoms with Crippen molar-refractivity contribution in [2.45, 2.75) is 66.0 Å². The lowest BCUT2D eigenvalue weighted by Crippen LogP contribution is -2.58. The van der Waals surface area contributed by atoms with E-state index in [2.05, 4.69) is 34.6 Å². The van der Waals surface area contributed by atoms with Crippen molar-refractivity contribution in [2.75, 3.05) is 6.54 Å². The van der Waals surface area contributed by atoms with Crippen LogP contribution in [0.1, 0.15) is 53.9 Å². The Hall–Kier alpha value is -0.570. The van der Waals surface area contributed by atoms with Crippen LogP contribution in [0.4, 0.5) is 0 Å². The predicted molar refractivity (Wildman–Crippen MR) is 71.6 cm³/mol. The van der Waals surface area contributed by atoms with Crippen LogP contribution in [-0.4, -0.2) is 29.4 Å². The van der Waals surface area contributed by atoms with Crippen molar-refractivity contribution < 1.29 is 4.79 Å². The second-order valence-corrected chi connectivity index (χ2v) is 6.63. The van der Waals surface area contributed by atoms with Gasteiger partial charge in [0, 0.05) is 12.6 Å². The third-order valence-corrected chi connectivity index (χ3v) is 3.63. The highest BCUT2D eigenvalue weighted by Gasteiger charge is 2.39. The molecule has 1 aliphatic rings. The summed E-state index contributed by atoms with van der Waals surface area (Å²) in [5.74, 6) is 0.769. The molecule has 3 nitrogen and oxygen atoms in total. The van der Waals surface area contributed by atoms with Gasteiger partial charge in [-0.25, -0.2) is 0 Å². The highest BCUT2D eigenvalue weighted by molar-refractivity contribution is 5.83. The zero-order valence-corrected chi connectivity index (χ0v) is 12.0. The Morgan fingerprint density at radius 1 is 1.47 bits per heavy atom. The van der Waals surface area contributed by atoms with Gasteiger partial charge in [0.1, 0.15) is 0 Å². The van der Waals surface area contributed by atoms with E-state index in [1.165, 1.54) is 0 Å². The van der Waals surface area contributed by atoms with Gasteiger partial charge in [0.25, 0.3) is 0 Å². The average molecular weight is 240 g/mol. The van der Waals surface area contributed by atoms with Gasteiger partial charge in [-0.2, -0.15) is 0 Å². The lowest BCUT2D eigenvalue weighted by molar-refractivity contribution is -0.142. The number of carbonyl (C=O) groups excluding carboxylic acids is 1. The van der Waals surface area contributed by atoms with E-state index in [0.717, 1.165) is 25.8 Å². The van der Waals surface area contributed by atoms with Crippen molar-refractivity contribution in [3.05, 3.63) is 0 Å². The minimum atomic E-state index is -0.306. The van der Waals surface area contributed by atoms with Crippen LogP contribution >= 0.6 is 0 Å². The molecule has 2 atom stereocenters. The molecule has 1 saturated heterocycles. The minimum Gasteiger partial charge on any atom is -0.338 e. The van der Waals surface area contributed by atoms with Gasteiger partial charge in [-0.1, -0.05) is 34.6 Å². The average Bonchev–Trinajstić information content (AvgIpc) is 2.19. The van der Waals surface area contributed by atoms with Crippen LogP contribution in [0.2, 0.25) is 0 Å². The predicted octanol–water partition coefficient (Wildman–Crippen LogP) is 2.40. The van der Waals surface area contributed by atoms with E-state index < -0.39 is 0 Å². The number of hydrogen-bond acceptors (Lipinski definition) is 2. The Balaban J connectivity index is 2.81. The van der Waals surface area contributed by atoms with Crippen molar-refractivity contribution in [2.24, 2.45) is 17.1 Å². The first-order chi connectivity index (χ1) is 7.76. The molecule has 1 aliphatic heterocycles. The monoisotopic (exact) mass is 240 g/mol. The SMILES string of the molecule is CCC(CC(C)C)N1CC(C)(C)CC(N)C1=O. The van der Waals surface area contributed by atoms with Gasteiger partial charge in [-0.3, -0.25) is 4.79 Å². The molecule has 2 unspecified atom stereocenters. The zero-order chi connectivity index (χ0) is 13.2. The molecule has 0 bridgehead atoms. The molecular formula is C14H28N2O. The molecule has 0 aromatic carbocycles. The number of carbonyl (C=O) groups is 1. The lowest BCUT2D eigenvalue weighted by Gasteiger charge is -2.45. The molecule has 1 fully saturated rings. The molecule has 0 aliphatic carbocycles. The smallest absolute Gasteiger partial charge is 0.239 e. The van der Waals surface area contributed by atoms with Gasteiger partial charge in [0.2, 0.25) is 5.91 Å². The Bertz CT molecular complexity index is 273. The molecule has 0 spiro atoms. The molecule has 0 aromatic heterocycles. The van der Waals surface area contributed by atoms with Gasteiger partial charge in [0.15, 0.2) is 0 Å². The first-order valence-electron chi connectivity index (χ1n) is 6.83. The number of nitrogens with two attached hydrogens (primary N) is 1.